The van der Waals surface area contributed by atoms with Gasteiger partial charge in [0.05, 0.1) is 17.6 Å². The molecule has 25 heavy (non-hydrogen) atoms. The zero-order valence-corrected chi connectivity index (χ0v) is 13.3. The number of alkyl halides is 1. The maximum atomic E-state index is 13.7. The molecule has 4 aromatic rings. The first-order chi connectivity index (χ1) is 12.2. The van der Waals surface area contributed by atoms with Crippen molar-refractivity contribution in [3.8, 4) is 11.1 Å². The molecule has 0 radical (unpaired) electrons. The third-order valence-electron chi connectivity index (χ3n) is 4.57. The predicted molar refractivity (Wildman–Crippen MR) is 94.0 cm³/mol. The summed E-state index contributed by atoms with van der Waals surface area (Å²) in [5, 5.41) is 3.89. The van der Waals surface area contributed by atoms with Gasteiger partial charge in [0.15, 0.2) is 0 Å². The second-order valence-corrected chi connectivity index (χ2v) is 6.42. The van der Waals surface area contributed by atoms with Crippen LogP contribution in [-0.4, -0.2) is 37.1 Å². The molecule has 0 unspecified atom stereocenters. The van der Waals surface area contributed by atoms with E-state index in [1.54, 1.807) is 18.6 Å². The van der Waals surface area contributed by atoms with Gasteiger partial charge in [0, 0.05) is 35.7 Å². The zero-order valence-electron chi connectivity index (χ0n) is 13.3. The normalized spacial score (nSPS) is 15.6. The van der Waals surface area contributed by atoms with Crippen LogP contribution in [0.15, 0.2) is 43.0 Å². The molecule has 1 aromatic carbocycles. The molecule has 0 bridgehead atoms. The summed E-state index contributed by atoms with van der Waals surface area (Å²) in [4.78, 5) is 20.6. The Hall–Kier alpha value is -3.09. The van der Waals surface area contributed by atoms with Crippen molar-refractivity contribution in [3.05, 3.63) is 43.0 Å². The summed E-state index contributed by atoms with van der Waals surface area (Å²) in [6.45, 7) is 0.259. The lowest BCUT2D eigenvalue weighted by Gasteiger charge is -2.07. The summed E-state index contributed by atoms with van der Waals surface area (Å²) in [7, 11) is 0. The van der Waals surface area contributed by atoms with Crippen molar-refractivity contribution in [1.29, 1.82) is 0 Å². The first kappa shape index (κ1) is 14.3. The third-order valence-corrected chi connectivity index (χ3v) is 4.57. The van der Waals surface area contributed by atoms with Crippen molar-refractivity contribution in [2.45, 2.75) is 18.5 Å². The molecule has 2 N–H and O–H groups in total. The molecule has 0 saturated heterocycles. The Kier molecular flexibility index (Phi) is 2.97. The largest absolute Gasteiger partial charge is 0.351 e. The van der Waals surface area contributed by atoms with Crippen molar-refractivity contribution >= 4 is 28.0 Å². The SMILES string of the molecule is FC1(CNc2ncc3c(-c4ccc5nccnc5c4)c[nH]c3n2)CC1. The summed E-state index contributed by atoms with van der Waals surface area (Å²) in [6, 6.07) is 5.95. The Labute approximate surface area is 142 Å². The Morgan fingerprint density at radius 1 is 1.12 bits per heavy atom. The van der Waals surface area contributed by atoms with E-state index >= 15 is 0 Å². The van der Waals surface area contributed by atoms with Crippen molar-refractivity contribution < 1.29 is 4.39 Å². The topological polar surface area (TPSA) is 79.4 Å². The number of anilines is 1. The molecular weight excluding hydrogens is 319 g/mol. The van der Waals surface area contributed by atoms with E-state index in [0.717, 1.165) is 33.2 Å². The van der Waals surface area contributed by atoms with Crippen LogP contribution in [0, 0.1) is 0 Å². The monoisotopic (exact) mass is 334 g/mol. The molecule has 3 aromatic heterocycles. The van der Waals surface area contributed by atoms with Gasteiger partial charge in [0.1, 0.15) is 11.3 Å². The molecule has 1 aliphatic rings. The van der Waals surface area contributed by atoms with Crippen molar-refractivity contribution in [3.63, 3.8) is 0 Å². The van der Waals surface area contributed by atoms with Crippen LogP contribution < -0.4 is 5.32 Å². The highest BCUT2D eigenvalue weighted by atomic mass is 19.1. The molecule has 3 heterocycles. The number of rotatable bonds is 4. The predicted octanol–water partition coefficient (Wildman–Crippen LogP) is 3.48. The minimum Gasteiger partial charge on any atom is -0.351 e. The van der Waals surface area contributed by atoms with Gasteiger partial charge in [-0.1, -0.05) is 6.07 Å². The van der Waals surface area contributed by atoms with E-state index in [1.807, 2.05) is 24.4 Å². The number of halogens is 1. The van der Waals surface area contributed by atoms with Gasteiger partial charge in [-0.15, -0.1) is 0 Å². The van der Waals surface area contributed by atoms with Gasteiger partial charge in [0.25, 0.3) is 0 Å². The Morgan fingerprint density at radius 3 is 2.80 bits per heavy atom. The number of nitrogens with zero attached hydrogens (tertiary/aromatic N) is 4. The van der Waals surface area contributed by atoms with Gasteiger partial charge in [0.2, 0.25) is 5.95 Å². The zero-order chi connectivity index (χ0) is 16.9. The summed E-state index contributed by atoms with van der Waals surface area (Å²) in [6.07, 6.45) is 8.24. The molecule has 5 rings (SSSR count). The van der Waals surface area contributed by atoms with Crippen molar-refractivity contribution in [2.75, 3.05) is 11.9 Å². The van der Waals surface area contributed by atoms with E-state index < -0.39 is 5.67 Å². The smallest absolute Gasteiger partial charge is 0.224 e. The molecule has 7 heteroatoms. The highest BCUT2D eigenvalue weighted by molar-refractivity contribution is 5.95. The van der Waals surface area contributed by atoms with Crippen LogP contribution in [0.3, 0.4) is 0 Å². The van der Waals surface area contributed by atoms with Gasteiger partial charge >= 0.3 is 0 Å². The van der Waals surface area contributed by atoms with Gasteiger partial charge in [-0.2, -0.15) is 4.98 Å². The van der Waals surface area contributed by atoms with Gasteiger partial charge in [-0.05, 0) is 30.5 Å². The number of hydrogen-bond donors (Lipinski definition) is 2. The van der Waals surface area contributed by atoms with Crippen LogP contribution in [0.1, 0.15) is 12.8 Å². The first-order valence-electron chi connectivity index (χ1n) is 8.18. The van der Waals surface area contributed by atoms with Crippen LogP contribution >= 0.6 is 0 Å². The molecule has 6 nitrogen and oxygen atoms in total. The molecule has 0 amide bonds. The van der Waals surface area contributed by atoms with Gasteiger partial charge < -0.3 is 10.3 Å². The van der Waals surface area contributed by atoms with Crippen LogP contribution in [0.4, 0.5) is 10.3 Å². The van der Waals surface area contributed by atoms with Crippen molar-refractivity contribution in [1.82, 2.24) is 24.9 Å². The molecule has 1 aliphatic carbocycles. The first-order valence-corrected chi connectivity index (χ1v) is 8.18. The average Bonchev–Trinajstić information content (AvgIpc) is 3.24. The number of H-pyrrole nitrogens is 1. The van der Waals surface area contributed by atoms with E-state index in [9.17, 15) is 4.39 Å². The van der Waals surface area contributed by atoms with E-state index in [-0.39, 0.29) is 6.54 Å². The molecule has 1 saturated carbocycles. The lowest BCUT2D eigenvalue weighted by atomic mass is 10.1. The second-order valence-electron chi connectivity index (χ2n) is 6.42. The Balaban J connectivity index is 1.50. The van der Waals surface area contributed by atoms with Crippen LogP contribution in [0.2, 0.25) is 0 Å². The number of hydrogen-bond acceptors (Lipinski definition) is 5. The molecule has 0 aliphatic heterocycles. The van der Waals surface area contributed by atoms with Crippen molar-refractivity contribution in [2.24, 2.45) is 0 Å². The quantitative estimate of drug-likeness (QED) is 0.597. The van der Waals surface area contributed by atoms with Crippen LogP contribution in [0.25, 0.3) is 33.2 Å². The van der Waals surface area contributed by atoms with E-state index in [2.05, 4.69) is 30.2 Å². The fourth-order valence-corrected chi connectivity index (χ4v) is 2.91. The molecule has 0 atom stereocenters. The number of aromatic nitrogens is 5. The highest BCUT2D eigenvalue weighted by Gasteiger charge is 2.43. The fraction of sp³-hybridized carbons (Fsp3) is 0.222. The van der Waals surface area contributed by atoms with Crippen LogP contribution in [0.5, 0.6) is 0 Å². The maximum absolute atomic E-state index is 13.7. The standard InChI is InChI=1S/C18H15FN6/c19-18(3-4-18)10-24-17-23-9-13-12(8-22-16(13)25-17)11-1-2-14-15(7-11)21-6-5-20-14/h1-2,5-9H,3-4,10H2,(H2,22,23,24,25). The number of benzene rings is 1. The van der Waals surface area contributed by atoms with E-state index in [4.69, 9.17) is 0 Å². The van der Waals surface area contributed by atoms with E-state index in [0.29, 0.717) is 18.8 Å². The Morgan fingerprint density at radius 2 is 1.96 bits per heavy atom. The lowest BCUT2D eigenvalue weighted by molar-refractivity contribution is 0.326. The summed E-state index contributed by atoms with van der Waals surface area (Å²) < 4.78 is 13.7. The van der Waals surface area contributed by atoms with Gasteiger partial charge in [-0.25, -0.2) is 9.37 Å². The maximum Gasteiger partial charge on any atom is 0.224 e. The second kappa shape index (κ2) is 5.20. The lowest BCUT2D eigenvalue weighted by Crippen LogP contribution is -2.17. The average molecular weight is 334 g/mol. The number of fused-ring (bicyclic) bond motifs is 2. The number of nitrogens with one attached hydrogen (secondary N) is 2. The van der Waals surface area contributed by atoms with E-state index in [1.165, 1.54) is 0 Å². The molecule has 1 fully saturated rings. The minimum absolute atomic E-state index is 0.259. The van der Waals surface area contributed by atoms with Gasteiger partial charge in [-0.3, -0.25) is 9.97 Å². The minimum atomic E-state index is -1.08. The number of aromatic amines is 1. The molecule has 0 spiro atoms. The highest BCUT2D eigenvalue weighted by Crippen LogP contribution is 2.39. The summed E-state index contributed by atoms with van der Waals surface area (Å²) >= 11 is 0. The summed E-state index contributed by atoms with van der Waals surface area (Å²) in [5.41, 5.74) is 3.35. The third kappa shape index (κ3) is 2.57. The summed E-state index contributed by atoms with van der Waals surface area (Å²) in [5.74, 6) is 0.439. The Bertz CT molecular complexity index is 1090. The van der Waals surface area contributed by atoms with Crippen LogP contribution in [-0.2, 0) is 0 Å². The molecule has 124 valence electrons. The fourth-order valence-electron chi connectivity index (χ4n) is 2.91. The molecular formula is C18H15FN6.